The van der Waals surface area contributed by atoms with Crippen molar-refractivity contribution in [3.8, 4) is 0 Å². The smallest absolute Gasteiger partial charge is 0.280 e. The van der Waals surface area contributed by atoms with E-state index >= 15 is 0 Å². The third kappa shape index (κ3) is 3.73. The second kappa shape index (κ2) is 6.98. The van der Waals surface area contributed by atoms with Gasteiger partial charge < -0.3 is 20.9 Å². The van der Waals surface area contributed by atoms with E-state index in [0.717, 1.165) is 57.4 Å². The number of hydrogen-bond acceptors (Lipinski definition) is 3. The number of carbonyl (C=O) groups is 2. The molecule has 0 radical (unpaired) electrons. The largest absolute Gasteiger partial charge is 0.365 e. The lowest BCUT2D eigenvalue weighted by atomic mass is 9.95. The van der Waals surface area contributed by atoms with Crippen LogP contribution in [-0.2, 0) is 17.6 Å². The molecule has 0 bridgehead atoms. The van der Waals surface area contributed by atoms with Crippen LogP contribution < -0.4 is 20.9 Å². The summed E-state index contributed by atoms with van der Waals surface area (Å²) in [5.74, 6) is -0.434. The molecule has 0 spiro atoms. The van der Waals surface area contributed by atoms with Crippen LogP contribution in [-0.4, -0.2) is 51.6 Å². The first-order chi connectivity index (χ1) is 11.0. The number of piperazine rings is 1. The second-order valence-corrected chi connectivity index (χ2v) is 7.82. The minimum atomic E-state index is -0.421. The number of nitrogens with two attached hydrogens (primary N) is 1. The Hall–Kier alpha value is -1.44. The van der Waals surface area contributed by atoms with Gasteiger partial charge in [0.15, 0.2) is 6.54 Å². The Labute approximate surface area is 140 Å². The third-order valence-corrected chi connectivity index (χ3v) is 6.10. The Balaban J connectivity index is 1.68. The van der Waals surface area contributed by atoms with Crippen LogP contribution >= 0.6 is 11.3 Å². The van der Waals surface area contributed by atoms with Gasteiger partial charge in [-0.25, -0.2) is 0 Å². The van der Waals surface area contributed by atoms with E-state index in [1.54, 1.807) is 0 Å². The maximum Gasteiger partial charge on any atom is 0.280 e. The maximum atomic E-state index is 12.4. The van der Waals surface area contributed by atoms with Crippen molar-refractivity contribution in [1.29, 1.82) is 0 Å². The molecule has 2 amide bonds. The quantitative estimate of drug-likeness (QED) is 0.516. The minimum absolute atomic E-state index is 0.0133. The van der Waals surface area contributed by atoms with Gasteiger partial charge in [0.25, 0.3) is 11.8 Å². The van der Waals surface area contributed by atoms with Crippen molar-refractivity contribution < 1.29 is 19.4 Å². The molecule has 7 heteroatoms. The molecule has 0 atom stereocenters. The zero-order chi connectivity index (χ0) is 16.4. The van der Waals surface area contributed by atoms with Crippen LogP contribution in [0.2, 0.25) is 0 Å². The molecular formula is C16H26N4O2S+2. The Morgan fingerprint density at radius 1 is 1.17 bits per heavy atom. The molecule has 2 heterocycles. The van der Waals surface area contributed by atoms with E-state index in [1.165, 1.54) is 26.0 Å². The summed E-state index contributed by atoms with van der Waals surface area (Å²) in [6, 6.07) is 0. The average molecular weight is 338 g/mol. The average Bonchev–Trinajstić information content (AvgIpc) is 2.87. The van der Waals surface area contributed by atoms with Gasteiger partial charge >= 0.3 is 0 Å². The van der Waals surface area contributed by atoms with Gasteiger partial charge in [0, 0.05) is 4.88 Å². The first kappa shape index (κ1) is 16.4. The molecule has 1 aliphatic heterocycles. The predicted octanol–water partition coefficient (Wildman–Crippen LogP) is -1.92. The molecule has 1 fully saturated rings. The van der Waals surface area contributed by atoms with Gasteiger partial charge in [-0.05, 0) is 31.2 Å². The van der Waals surface area contributed by atoms with Gasteiger partial charge in [0.05, 0.1) is 12.6 Å². The number of primary amides is 1. The molecule has 0 aromatic carbocycles. The summed E-state index contributed by atoms with van der Waals surface area (Å²) in [5.41, 5.74) is 7.19. The highest BCUT2D eigenvalue weighted by Gasteiger charge is 2.27. The lowest BCUT2D eigenvalue weighted by molar-refractivity contribution is -0.999. The van der Waals surface area contributed by atoms with E-state index in [0.29, 0.717) is 17.1 Å². The molecule has 3 rings (SSSR count). The lowest BCUT2D eigenvalue weighted by Crippen LogP contribution is -3.27. The van der Waals surface area contributed by atoms with Gasteiger partial charge in [0.2, 0.25) is 0 Å². The highest BCUT2D eigenvalue weighted by molar-refractivity contribution is 7.17. The Bertz CT molecular complexity index is 605. The Morgan fingerprint density at radius 2 is 1.87 bits per heavy atom. The number of thiophene rings is 1. The topological polar surface area (TPSA) is 81.1 Å². The van der Waals surface area contributed by atoms with E-state index < -0.39 is 5.91 Å². The number of rotatable bonds is 4. The van der Waals surface area contributed by atoms with Crippen LogP contribution in [0.5, 0.6) is 0 Å². The van der Waals surface area contributed by atoms with Crippen LogP contribution in [0, 0.1) is 0 Å². The summed E-state index contributed by atoms with van der Waals surface area (Å²) in [6.45, 7) is 4.70. The summed E-state index contributed by atoms with van der Waals surface area (Å²) in [4.78, 5) is 28.3. The van der Waals surface area contributed by atoms with E-state index in [1.807, 2.05) is 0 Å². The summed E-state index contributed by atoms with van der Waals surface area (Å²) >= 11 is 1.53. The van der Waals surface area contributed by atoms with E-state index in [2.05, 4.69) is 12.4 Å². The zero-order valence-corrected chi connectivity index (χ0v) is 14.5. The van der Waals surface area contributed by atoms with Crippen LogP contribution in [0.1, 0.15) is 33.6 Å². The van der Waals surface area contributed by atoms with Gasteiger partial charge in [-0.15, -0.1) is 11.3 Å². The second-order valence-electron chi connectivity index (χ2n) is 6.71. The van der Waals surface area contributed by atoms with E-state index in [9.17, 15) is 9.59 Å². The van der Waals surface area contributed by atoms with Crippen molar-refractivity contribution in [2.75, 3.05) is 45.1 Å². The van der Waals surface area contributed by atoms with Crippen molar-refractivity contribution in [1.82, 2.24) is 0 Å². The van der Waals surface area contributed by atoms with Crippen molar-refractivity contribution in [2.24, 2.45) is 5.73 Å². The summed E-state index contributed by atoms with van der Waals surface area (Å²) in [5, 5.41) is 3.62. The number of nitrogens with one attached hydrogen (secondary N) is 3. The fourth-order valence-corrected chi connectivity index (χ4v) is 4.83. The third-order valence-electron chi connectivity index (χ3n) is 4.89. The molecule has 2 aliphatic rings. The van der Waals surface area contributed by atoms with Crippen molar-refractivity contribution in [3.63, 3.8) is 0 Å². The fraction of sp³-hybridized carbons (Fsp3) is 0.625. The molecule has 6 nitrogen and oxygen atoms in total. The molecule has 1 aromatic heterocycles. The van der Waals surface area contributed by atoms with Crippen molar-refractivity contribution in [3.05, 3.63) is 16.0 Å². The maximum absolute atomic E-state index is 12.4. The summed E-state index contributed by atoms with van der Waals surface area (Å²) in [6.07, 6.45) is 4.12. The van der Waals surface area contributed by atoms with Crippen LogP contribution in [0.15, 0.2) is 0 Å². The number of aryl methyl sites for hydroxylation is 1. The first-order valence-corrected chi connectivity index (χ1v) is 9.25. The number of carbonyl (C=O) groups excluding carboxylic acids is 2. The Kier molecular flexibility index (Phi) is 4.99. The highest BCUT2D eigenvalue weighted by atomic mass is 32.1. The lowest BCUT2D eigenvalue weighted by Gasteiger charge is -2.26. The summed E-state index contributed by atoms with van der Waals surface area (Å²) in [7, 11) is 2.19. The zero-order valence-electron chi connectivity index (χ0n) is 13.7. The molecule has 1 aromatic rings. The highest BCUT2D eigenvalue weighted by Crippen LogP contribution is 2.37. The van der Waals surface area contributed by atoms with Gasteiger partial charge in [-0.3, -0.25) is 9.59 Å². The molecule has 0 saturated carbocycles. The molecule has 126 valence electrons. The first-order valence-electron chi connectivity index (χ1n) is 8.43. The monoisotopic (exact) mass is 338 g/mol. The number of amides is 2. The number of fused-ring (bicyclic) bond motifs is 1. The molecule has 1 aliphatic carbocycles. The number of hydrogen-bond donors (Lipinski definition) is 4. The Morgan fingerprint density at radius 3 is 2.57 bits per heavy atom. The van der Waals surface area contributed by atoms with E-state index in [4.69, 9.17) is 5.73 Å². The predicted molar refractivity (Wildman–Crippen MR) is 90.3 cm³/mol. The van der Waals surface area contributed by atoms with Gasteiger partial charge in [0.1, 0.15) is 31.2 Å². The fourth-order valence-electron chi connectivity index (χ4n) is 3.52. The molecular weight excluding hydrogens is 312 g/mol. The number of quaternary nitrogens is 2. The van der Waals surface area contributed by atoms with Gasteiger partial charge in [-0.2, -0.15) is 0 Å². The molecule has 0 unspecified atom stereocenters. The van der Waals surface area contributed by atoms with Crippen molar-refractivity contribution >= 4 is 28.2 Å². The van der Waals surface area contributed by atoms with Crippen LogP contribution in [0.25, 0.3) is 0 Å². The van der Waals surface area contributed by atoms with Crippen molar-refractivity contribution in [2.45, 2.75) is 25.7 Å². The standard InChI is InChI=1S/C16H24N4O2S/c1-19-6-8-20(9-7-19)10-13(21)18-16-14(15(17)22)11-4-2-3-5-12(11)23-16/h2-10H2,1H3,(H2,17,22)(H,18,21)/p+2. The summed E-state index contributed by atoms with van der Waals surface area (Å²) < 4.78 is 0. The molecule has 23 heavy (non-hydrogen) atoms. The molecule has 1 saturated heterocycles. The van der Waals surface area contributed by atoms with Crippen LogP contribution in [0.3, 0.4) is 0 Å². The van der Waals surface area contributed by atoms with E-state index in [-0.39, 0.29) is 5.91 Å². The van der Waals surface area contributed by atoms with Crippen LogP contribution in [0.4, 0.5) is 5.00 Å². The number of likely N-dealkylation sites (N-methyl/N-ethyl adjacent to an activating group) is 1. The molecule has 5 N–H and O–H groups in total. The number of anilines is 1. The minimum Gasteiger partial charge on any atom is -0.365 e. The van der Waals surface area contributed by atoms with Gasteiger partial charge in [-0.1, -0.05) is 0 Å². The normalized spacial score (nSPS) is 24.0. The SMILES string of the molecule is C[NH+]1CC[NH+](CC(=O)Nc2sc3c(c2C(N)=O)CCCC3)CC1.